The van der Waals surface area contributed by atoms with Crippen LogP contribution >= 0.6 is 0 Å². The van der Waals surface area contributed by atoms with Gasteiger partial charge in [-0.25, -0.2) is 0 Å². The summed E-state index contributed by atoms with van der Waals surface area (Å²) in [6.07, 6.45) is 5.25. The summed E-state index contributed by atoms with van der Waals surface area (Å²) in [6.45, 7) is 12.2. The summed E-state index contributed by atoms with van der Waals surface area (Å²) in [4.78, 5) is 7.06. The molecular weight excluding hydrogens is 246 g/mol. The summed E-state index contributed by atoms with van der Waals surface area (Å²) in [7, 11) is 0. The Morgan fingerprint density at radius 3 is 2.15 bits per heavy atom. The molecule has 0 bridgehead atoms. The van der Waals surface area contributed by atoms with Gasteiger partial charge in [0.2, 0.25) is 0 Å². The molecule has 0 unspecified atom stereocenters. The Bertz CT molecular complexity index is 368. The largest absolute Gasteiger partial charge is 0.367 e. The Kier molecular flexibility index (Phi) is 7.00. The van der Waals surface area contributed by atoms with Gasteiger partial charge in [0.05, 0.1) is 17.6 Å². The van der Waals surface area contributed by atoms with Crippen molar-refractivity contribution < 1.29 is 0 Å². The van der Waals surface area contributed by atoms with Crippen LogP contribution in [0.2, 0.25) is 0 Å². The standard InChI is InChI=1S/C17H31N3/c1-6-14(7-2)20(12-13(4)5)15-9-10-17(19-11-15)16(18)8-3/h9-11,13-14,16H,6-8,12,18H2,1-5H3/t16-/m1/s1. The maximum atomic E-state index is 6.04. The zero-order chi connectivity index (χ0) is 15.1. The number of nitrogens with two attached hydrogens (primary N) is 1. The smallest absolute Gasteiger partial charge is 0.0572 e. The van der Waals surface area contributed by atoms with Gasteiger partial charge in [-0.15, -0.1) is 0 Å². The lowest BCUT2D eigenvalue weighted by Crippen LogP contribution is -2.37. The zero-order valence-electron chi connectivity index (χ0n) is 13.8. The fourth-order valence-electron chi connectivity index (χ4n) is 2.58. The van der Waals surface area contributed by atoms with E-state index in [2.05, 4.69) is 56.6 Å². The number of hydrogen-bond acceptors (Lipinski definition) is 3. The van der Waals surface area contributed by atoms with E-state index in [9.17, 15) is 0 Å². The molecule has 0 aliphatic carbocycles. The molecule has 0 fully saturated rings. The van der Waals surface area contributed by atoms with Crippen LogP contribution in [0.3, 0.4) is 0 Å². The van der Waals surface area contributed by atoms with Crippen molar-refractivity contribution in [3.8, 4) is 0 Å². The third-order valence-electron chi connectivity index (χ3n) is 3.87. The highest BCUT2D eigenvalue weighted by Gasteiger charge is 2.17. The highest BCUT2D eigenvalue weighted by atomic mass is 15.2. The molecule has 1 aromatic rings. The molecule has 0 saturated carbocycles. The predicted octanol–water partition coefficient (Wildman–Crippen LogP) is 4.14. The van der Waals surface area contributed by atoms with Gasteiger partial charge in [-0.3, -0.25) is 4.98 Å². The van der Waals surface area contributed by atoms with Crippen LogP contribution in [0.1, 0.15) is 65.6 Å². The molecule has 0 radical (unpaired) electrons. The first-order valence-corrected chi connectivity index (χ1v) is 8.01. The second-order valence-corrected chi connectivity index (χ2v) is 5.97. The number of hydrogen-bond donors (Lipinski definition) is 1. The molecule has 1 rings (SSSR count). The summed E-state index contributed by atoms with van der Waals surface area (Å²) >= 11 is 0. The summed E-state index contributed by atoms with van der Waals surface area (Å²) in [5.74, 6) is 0.646. The number of pyridine rings is 1. The molecule has 0 aliphatic rings. The minimum Gasteiger partial charge on any atom is -0.367 e. The first kappa shape index (κ1) is 17.0. The van der Waals surface area contributed by atoms with Gasteiger partial charge in [0, 0.05) is 18.6 Å². The van der Waals surface area contributed by atoms with Gasteiger partial charge in [0.1, 0.15) is 0 Å². The lowest BCUT2D eigenvalue weighted by Gasteiger charge is -2.34. The van der Waals surface area contributed by atoms with Crippen molar-refractivity contribution in [2.24, 2.45) is 11.7 Å². The quantitative estimate of drug-likeness (QED) is 0.776. The molecule has 1 heterocycles. The second kappa shape index (κ2) is 8.25. The van der Waals surface area contributed by atoms with Crippen LogP contribution in [-0.4, -0.2) is 17.6 Å². The number of aromatic nitrogens is 1. The molecular formula is C17H31N3. The molecule has 0 spiro atoms. The normalized spacial score (nSPS) is 13.0. The van der Waals surface area contributed by atoms with Gasteiger partial charge in [-0.1, -0.05) is 34.6 Å². The van der Waals surface area contributed by atoms with Crippen LogP contribution in [0, 0.1) is 5.92 Å². The Balaban J connectivity index is 2.95. The van der Waals surface area contributed by atoms with E-state index < -0.39 is 0 Å². The second-order valence-electron chi connectivity index (χ2n) is 5.97. The van der Waals surface area contributed by atoms with E-state index in [4.69, 9.17) is 5.73 Å². The van der Waals surface area contributed by atoms with Gasteiger partial charge in [0.15, 0.2) is 0 Å². The van der Waals surface area contributed by atoms with E-state index in [0.29, 0.717) is 12.0 Å². The highest BCUT2D eigenvalue weighted by Crippen LogP contribution is 2.23. The van der Waals surface area contributed by atoms with Gasteiger partial charge in [0.25, 0.3) is 0 Å². The average molecular weight is 277 g/mol. The molecule has 3 heteroatoms. The van der Waals surface area contributed by atoms with Gasteiger partial charge < -0.3 is 10.6 Å². The van der Waals surface area contributed by atoms with Crippen molar-refractivity contribution in [2.75, 3.05) is 11.4 Å². The number of anilines is 1. The maximum Gasteiger partial charge on any atom is 0.0572 e. The molecule has 0 aromatic carbocycles. The summed E-state index contributed by atoms with van der Waals surface area (Å²) in [5, 5.41) is 0. The maximum absolute atomic E-state index is 6.04. The third-order valence-corrected chi connectivity index (χ3v) is 3.87. The summed E-state index contributed by atoms with van der Waals surface area (Å²) in [5.41, 5.74) is 8.25. The van der Waals surface area contributed by atoms with Crippen molar-refractivity contribution in [1.29, 1.82) is 0 Å². The molecule has 0 aliphatic heterocycles. The first-order chi connectivity index (χ1) is 9.53. The predicted molar refractivity (Wildman–Crippen MR) is 88.0 cm³/mol. The Hall–Kier alpha value is -1.09. The first-order valence-electron chi connectivity index (χ1n) is 8.01. The third kappa shape index (κ3) is 4.48. The van der Waals surface area contributed by atoms with E-state index in [-0.39, 0.29) is 6.04 Å². The van der Waals surface area contributed by atoms with Crippen LogP contribution in [0.5, 0.6) is 0 Å². The Morgan fingerprint density at radius 2 is 1.75 bits per heavy atom. The van der Waals surface area contributed by atoms with E-state index in [1.54, 1.807) is 0 Å². The van der Waals surface area contributed by atoms with Gasteiger partial charge in [-0.05, 0) is 37.3 Å². The lowest BCUT2D eigenvalue weighted by molar-refractivity contribution is 0.507. The molecule has 114 valence electrons. The molecule has 2 N–H and O–H groups in total. The monoisotopic (exact) mass is 277 g/mol. The minimum absolute atomic E-state index is 0.0516. The highest BCUT2D eigenvalue weighted by molar-refractivity contribution is 5.46. The fraction of sp³-hybridized carbons (Fsp3) is 0.706. The van der Waals surface area contributed by atoms with E-state index >= 15 is 0 Å². The van der Waals surface area contributed by atoms with Crippen molar-refractivity contribution >= 4 is 5.69 Å². The average Bonchev–Trinajstić information content (AvgIpc) is 2.46. The number of rotatable bonds is 8. The lowest BCUT2D eigenvalue weighted by atomic mass is 10.1. The fourth-order valence-corrected chi connectivity index (χ4v) is 2.58. The van der Waals surface area contributed by atoms with Gasteiger partial charge >= 0.3 is 0 Å². The van der Waals surface area contributed by atoms with Crippen molar-refractivity contribution in [3.63, 3.8) is 0 Å². The SMILES string of the molecule is CCC(CC)N(CC(C)C)c1ccc([C@H](N)CC)nc1. The molecule has 1 atom stereocenters. The van der Waals surface area contributed by atoms with E-state index in [1.165, 1.54) is 18.5 Å². The van der Waals surface area contributed by atoms with Crippen LogP contribution < -0.4 is 10.6 Å². The molecule has 0 amide bonds. The summed E-state index contributed by atoms with van der Waals surface area (Å²) in [6, 6.07) is 4.90. The van der Waals surface area contributed by atoms with E-state index in [0.717, 1.165) is 18.7 Å². The minimum atomic E-state index is 0.0516. The zero-order valence-corrected chi connectivity index (χ0v) is 13.8. The Labute approximate surface area is 124 Å². The summed E-state index contributed by atoms with van der Waals surface area (Å²) < 4.78 is 0. The van der Waals surface area contributed by atoms with Crippen LogP contribution in [-0.2, 0) is 0 Å². The van der Waals surface area contributed by atoms with Crippen molar-refractivity contribution in [3.05, 3.63) is 24.0 Å². The van der Waals surface area contributed by atoms with Crippen LogP contribution in [0.25, 0.3) is 0 Å². The topological polar surface area (TPSA) is 42.1 Å². The molecule has 20 heavy (non-hydrogen) atoms. The molecule has 0 saturated heterocycles. The number of nitrogens with zero attached hydrogens (tertiary/aromatic N) is 2. The van der Waals surface area contributed by atoms with Crippen molar-refractivity contribution in [2.45, 2.75) is 66.0 Å². The molecule has 3 nitrogen and oxygen atoms in total. The van der Waals surface area contributed by atoms with E-state index in [1.807, 2.05) is 6.20 Å². The Morgan fingerprint density at radius 1 is 1.10 bits per heavy atom. The van der Waals surface area contributed by atoms with Crippen LogP contribution in [0.15, 0.2) is 18.3 Å². The molecule has 1 aromatic heterocycles. The van der Waals surface area contributed by atoms with Crippen molar-refractivity contribution in [1.82, 2.24) is 4.98 Å². The van der Waals surface area contributed by atoms with Gasteiger partial charge in [-0.2, -0.15) is 0 Å². The van der Waals surface area contributed by atoms with Crippen LogP contribution in [0.4, 0.5) is 5.69 Å².